The van der Waals surface area contributed by atoms with E-state index in [0.29, 0.717) is 31.8 Å². The number of carbonyl (C=O) groups is 2. The third-order valence-electron chi connectivity index (χ3n) is 4.46. The lowest BCUT2D eigenvalue weighted by molar-refractivity contribution is -0.173. The Morgan fingerprint density at radius 3 is 2.17 bits per heavy atom. The Hall–Kier alpha value is -1.93. The van der Waals surface area contributed by atoms with E-state index in [2.05, 4.69) is 21.2 Å². The van der Waals surface area contributed by atoms with Gasteiger partial charge in [0.1, 0.15) is 12.7 Å². The lowest BCUT2D eigenvalue weighted by Crippen LogP contribution is -2.37. The number of carbonyl (C=O) groups excluding carboxylic acids is 2. The number of benzene rings is 1. The molecule has 0 saturated heterocycles. The van der Waals surface area contributed by atoms with Crippen molar-refractivity contribution in [2.45, 2.75) is 45.3 Å². The van der Waals surface area contributed by atoms with Gasteiger partial charge in [-0.2, -0.15) is 13.2 Å². The van der Waals surface area contributed by atoms with Crippen LogP contribution < -0.4 is 10.6 Å². The normalized spacial score (nSPS) is 13.2. The largest absolute Gasteiger partial charge is 0.471 e. The van der Waals surface area contributed by atoms with Gasteiger partial charge in [-0.3, -0.25) is 4.79 Å². The van der Waals surface area contributed by atoms with Crippen LogP contribution >= 0.6 is 15.9 Å². The summed E-state index contributed by atoms with van der Waals surface area (Å²) in [6, 6.07) is 7.20. The maximum Gasteiger partial charge on any atom is 0.471 e. The summed E-state index contributed by atoms with van der Waals surface area (Å²) >= 11 is 3.42. The molecule has 1 rings (SSSR count). The summed E-state index contributed by atoms with van der Waals surface area (Å²) < 4.78 is 64.9. The van der Waals surface area contributed by atoms with E-state index >= 15 is 0 Å². The first-order valence-corrected chi connectivity index (χ1v) is 12.4. The lowest BCUT2D eigenvalue weighted by Gasteiger charge is -2.20. The Morgan fingerprint density at radius 2 is 1.58 bits per heavy atom. The Labute approximate surface area is 217 Å². The summed E-state index contributed by atoms with van der Waals surface area (Å²) in [4.78, 5) is 22.8. The van der Waals surface area contributed by atoms with Crippen molar-refractivity contribution >= 4 is 27.9 Å². The van der Waals surface area contributed by atoms with Crippen LogP contribution in [0.15, 0.2) is 28.7 Å². The van der Waals surface area contributed by atoms with Crippen LogP contribution in [0.3, 0.4) is 0 Å². The summed E-state index contributed by atoms with van der Waals surface area (Å²) in [5, 5.41) is 4.42. The van der Waals surface area contributed by atoms with Crippen LogP contribution in [-0.4, -0.2) is 77.0 Å². The van der Waals surface area contributed by atoms with Gasteiger partial charge < -0.3 is 34.3 Å². The van der Waals surface area contributed by atoms with Gasteiger partial charge in [0.05, 0.1) is 19.8 Å². The molecule has 0 spiro atoms. The Morgan fingerprint density at radius 1 is 0.944 bits per heavy atom. The second-order valence-corrected chi connectivity index (χ2v) is 8.17. The first-order valence-electron chi connectivity index (χ1n) is 11.6. The summed E-state index contributed by atoms with van der Waals surface area (Å²) in [5.41, 5.74) is 0.695. The maximum atomic E-state index is 12.2. The minimum absolute atomic E-state index is 0.0530. The van der Waals surface area contributed by atoms with Crippen molar-refractivity contribution in [3.8, 4) is 0 Å². The summed E-state index contributed by atoms with van der Waals surface area (Å²) in [6.07, 6.45) is -6.03. The third kappa shape index (κ3) is 14.0. The van der Waals surface area contributed by atoms with Gasteiger partial charge >= 0.3 is 18.2 Å². The van der Waals surface area contributed by atoms with Crippen molar-refractivity contribution in [3.05, 3.63) is 34.3 Å². The fraction of sp³-hybridized carbons (Fsp3) is 0.652. The monoisotopic (exact) mass is 586 g/mol. The van der Waals surface area contributed by atoms with Crippen molar-refractivity contribution in [1.82, 2.24) is 10.6 Å². The fourth-order valence-electron chi connectivity index (χ4n) is 2.76. The number of halogens is 4. The second kappa shape index (κ2) is 18.3. The molecular weight excluding hydrogens is 553 g/mol. The van der Waals surface area contributed by atoms with Crippen LogP contribution in [0, 0.1) is 0 Å². The van der Waals surface area contributed by atoms with Gasteiger partial charge in [-0.1, -0.05) is 34.1 Å². The molecule has 0 radical (unpaired) electrons. The third-order valence-corrected chi connectivity index (χ3v) is 5.18. The van der Waals surface area contributed by atoms with Crippen molar-refractivity contribution in [2.24, 2.45) is 0 Å². The molecule has 13 heteroatoms. The average Bonchev–Trinajstić information content (AvgIpc) is 2.83. The highest BCUT2D eigenvalue weighted by atomic mass is 79.9. The number of ether oxygens (including phenoxy) is 5. The highest BCUT2D eigenvalue weighted by Gasteiger charge is 2.38. The zero-order valence-electron chi connectivity index (χ0n) is 20.4. The van der Waals surface area contributed by atoms with E-state index in [1.807, 2.05) is 19.9 Å². The molecule has 2 amide bonds. The molecule has 9 nitrogen and oxygen atoms in total. The minimum Gasteiger partial charge on any atom is -0.447 e. The molecule has 2 atom stereocenters. The zero-order chi connectivity index (χ0) is 26.8. The van der Waals surface area contributed by atoms with Crippen molar-refractivity contribution in [3.63, 3.8) is 0 Å². The first-order chi connectivity index (χ1) is 17.2. The van der Waals surface area contributed by atoms with Gasteiger partial charge in [0.25, 0.3) is 0 Å². The fourth-order valence-corrected chi connectivity index (χ4v) is 3.23. The smallest absolute Gasteiger partial charge is 0.447 e. The molecule has 0 aliphatic heterocycles. The number of alkyl halides is 3. The molecule has 0 saturated carbocycles. The van der Waals surface area contributed by atoms with Crippen LogP contribution in [-0.2, 0) is 28.5 Å². The quantitative estimate of drug-likeness (QED) is 0.197. The average molecular weight is 587 g/mol. The maximum absolute atomic E-state index is 12.2. The zero-order valence-corrected chi connectivity index (χ0v) is 22.0. The molecular formula is C23H34BrF3N2O7. The Bertz CT molecular complexity index is 771. The molecule has 0 heterocycles. The summed E-state index contributed by atoms with van der Waals surface area (Å²) in [6.45, 7) is 5.49. The standard InChI is InChI=1S/C23H34BrF3N2O7/c1-3-32-15-17(33-4-2)16-36-22(31)29-12-8-14-35-20(18-9-5-6-10-19(18)24)34-13-7-11-28-21(30)23(25,26)27/h5-6,9-10,17,20H,3-4,7-8,11-16H2,1-2H3,(H,28,30)(H,29,31). The number of rotatable bonds is 18. The van der Waals surface area contributed by atoms with Crippen LogP contribution in [0.25, 0.3) is 0 Å². The van der Waals surface area contributed by atoms with Crippen LogP contribution in [0.4, 0.5) is 18.0 Å². The highest BCUT2D eigenvalue weighted by Crippen LogP contribution is 2.27. The predicted octanol–water partition coefficient (Wildman–Crippen LogP) is 4.11. The number of alkyl carbamates (subject to hydrolysis) is 1. The minimum atomic E-state index is -4.92. The van der Waals surface area contributed by atoms with Crippen molar-refractivity contribution < 1.29 is 46.4 Å². The number of nitrogens with one attached hydrogen (secondary N) is 2. The Kier molecular flexibility index (Phi) is 16.3. The molecule has 1 aromatic rings. The van der Waals surface area contributed by atoms with Gasteiger partial charge in [0.15, 0.2) is 6.29 Å². The number of hydrogen-bond donors (Lipinski definition) is 2. The van der Waals surface area contributed by atoms with E-state index in [-0.39, 0.29) is 45.4 Å². The highest BCUT2D eigenvalue weighted by molar-refractivity contribution is 9.10. The van der Waals surface area contributed by atoms with Gasteiger partial charge in [0.2, 0.25) is 0 Å². The lowest BCUT2D eigenvalue weighted by atomic mass is 10.2. The molecule has 0 fully saturated rings. The topological polar surface area (TPSA) is 104 Å². The van der Waals surface area contributed by atoms with E-state index in [4.69, 9.17) is 23.7 Å². The van der Waals surface area contributed by atoms with Gasteiger partial charge in [0, 0.05) is 36.3 Å². The van der Waals surface area contributed by atoms with Gasteiger partial charge in [-0.15, -0.1) is 0 Å². The number of amides is 2. The molecule has 0 aliphatic rings. The molecule has 206 valence electrons. The van der Waals surface area contributed by atoms with Crippen molar-refractivity contribution in [2.75, 3.05) is 52.7 Å². The van der Waals surface area contributed by atoms with E-state index in [1.54, 1.807) is 23.5 Å². The number of hydrogen-bond acceptors (Lipinski definition) is 7. The van der Waals surface area contributed by atoms with Crippen LogP contribution in [0.5, 0.6) is 0 Å². The molecule has 2 N–H and O–H groups in total. The molecule has 0 aromatic heterocycles. The second-order valence-electron chi connectivity index (χ2n) is 7.32. The summed E-state index contributed by atoms with van der Waals surface area (Å²) in [7, 11) is 0. The molecule has 0 aliphatic carbocycles. The van der Waals surface area contributed by atoms with E-state index in [9.17, 15) is 22.8 Å². The van der Waals surface area contributed by atoms with Crippen LogP contribution in [0.1, 0.15) is 38.5 Å². The first kappa shape index (κ1) is 32.1. The SMILES string of the molecule is CCOCC(COC(=O)NCCCOC(OCCCNC(=O)C(F)(F)F)c1ccccc1Br)OCC. The van der Waals surface area contributed by atoms with Crippen molar-refractivity contribution in [1.29, 1.82) is 0 Å². The van der Waals surface area contributed by atoms with Crippen LogP contribution in [0.2, 0.25) is 0 Å². The molecule has 1 aromatic carbocycles. The Balaban J connectivity index is 2.39. The van der Waals surface area contributed by atoms with E-state index in [0.717, 1.165) is 4.47 Å². The predicted molar refractivity (Wildman–Crippen MR) is 128 cm³/mol. The van der Waals surface area contributed by atoms with E-state index in [1.165, 1.54) is 0 Å². The van der Waals surface area contributed by atoms with Gasteiger partial charge in [-0.05, 0) is 32.8 Å². The summed E-state index contributed by atoms with van der Waals surface area (Å²) in [5.74, 6) is -1.99. The molecule has 36 heavy (non-hydrogen) atoms. The van der Waals surface area contributed by atoms with E-state index < -0.39 is 24.5 Å². The molecule has 0 bridgehead atoms. The molecule has 2 unspecified atom stereocenters. The van der Waals surface area contributed by atoms with Gasteiger partial charge in [-0.25, -0.2) is 4.79 Å².